The van der Waals surface area contributed by atoms with Crippen LogP contribution in [0, 0.1) is 0 Å². The van der Waals surface area contributed by atoms with Crippen molar-refractivity contribution in [2.24, 2.45) is 0 Å². The van der Waals surface area contributed by atoms with Gasteiger partial charge in [-0.2, -0.15) is 8.42 Å². The fourth-order valence-corrected chi connectivity index (χ4v) is 3.22. The Morgan fingerprint density at radius 3 is 2.26 bits per heavy atom. The molecule has 0 saturated carbocycles. The van der Waals surface area contributed by atoms with Gasteiger partial charge in [0.15, 0.2) is 0 Å². The topological polar surface area (TPSA) is 91.7 Å². The van der Waals surface area contributed by atoms with Crippen LogP contribution in [-0.4, -0.2) is 54.5 Å². The summed E-state index contributed by atoms with van der Waals surface area (Å²) >= 11 is 0. The van der Waals surface area contributed by atoms with Gasteiger partial charge in [0.25, 0.3) is 0 Å². The molecule has 0 spiro atoms. The average Bonchev–Trinajstić information content (AvgIpc) is 2.24. The van der Waals surface area contributed by atoms with Crippen LogP contribution in [0.4, 0.5) is 0 Å². The predicted molar refractivity (Wildman–Crippen MR) is 73.2 cm³/mol. The highest BCUT2D eigenvalue weighted by Gasteiger charge is 2.38. The minimum atomic E-state index is -4.24. The molecular formula is C12H24NO5S+. The van der Waals surface area contributed by atoms with Gasteiger partial charge in [-0.05, 0) is 12.8 Å². The molecule has 0 radical (unpaired) electrons. The maximum absolute atomic E-state index is 11.5. The first-order chi connectivity index (χ1) is 8.52. The summed E-state index contributed by atoms with van der Waals surface area (Å²) < 4.78 is 32.4. The van der Waals surface area contributed by atoms with Gasteiger partial charge in [0.1, 0.15) is 0 Å². The van der Waals surface area contributed by atoms with E-state index in [0.29, 0.717) is 6.54 Å². The molecular weight excluding hydrogens is 270 g/mol. The first-order valence-electron chi connectivity index (χ1n) is 6.22. The highest BCUT2D eigenvalue weighted by molar-refractivity contribution is 7.86. The van der Waals surface area contributed by atoms with Crippen molar-refractivity contribution < 1.29 is 27.4 Å². The lowest BCUT2D eigenvalue weighted by Gasteiger charge is -2.36. The number of carboxylic acids is 1. The molecule has 6 nitrogen and oxygen atoms in total. The highest BCUT2D eigenvalue weighted by atomic mass is 32.2. The molecule has 1 atom stereocenters. The van der Waals surface area contributed by atoms with Crippen molar-refractivity contribution in [1.29, 1.82) is 0 Å². The maximum atomic E-state index is 11.5. The lowest BCUT2D eigenvalue weighted by atomic mass is 10.1. The van der Waals surface area contributed by atoms with Gasteiger partial charge in [0, 0.05) is 12.0 Å². The van der Waals surface area contributed by atoms with E-state index in [-0.39, 0.29) is 22.9 Å². The Labute approximate surface area is 115 Å². The van der Waals surface area contributed by atoms with E-state index in [0.717, 1.165) is 12.8 Å². The zero-order chi connectivity index (χ0) is 15.3. The van der Waals surface area contributed by atoms with Crippen LogP contribution in [-0.2, 0) is 14.9 Å². The first kappa shape index (κ1) is 18.1. The number of hydrogen-bond acceptors (Lipinski definition) is 3. The molecule has 0 aromatic heterocycles. The Hall–Kier alpha value is -0.920. The molecule has 0 aliphatic heterocycles. The summed E-state index contributed by atoms with van der Waals surface area (Å²) in [4.78, 5) is 10.7. The molecule has 2 N–H and O–H groups in total. The average molecular weight is 294 g/mol. The van der Waals surface area contributed by atoms with Crippen LogP contribution in [0.15, 0.2) is 12.2 Å². The molecule has 0 heterocycles. The molecule has 0 saturated heterocycles. The Bertz CT molecular complexity index is 427. The largest absolute Gasteiger partial charge is 0.478 e. The number of unbranched alkanes of at least 4 members (excludes halogenated alkanes) is 1. The normalized spacial score (nSPS) is 14.1. The number of nitrogens with zero attached hydrogens (tertiary/aromatic N) is 1. The van der Waals surface area contributed by atoms with Crippen LogP contribution >= 0.6 is 0 Å². The van der Waals surface area contributed by atoms with Crippen LogP contribution in [0.3, 0.4) is 0 Å². The standard InChI is InChI=1S/C12H23NO5S/c1-5-6-9-13(3,4)11(19(16,17)18)8-7-10(2)12(14)15/h11H,2,5-9H2,1,3-4H3,(H-,14,15,16,17,18)/p+1. The third-order valence-electron chi connectivity index (χ3n) is 3.21. The smallest absolute Gasteiger partial charge is 0.330 e. The second kappa shape index (κ2) is 7.02. The van der Waals surface area contributed by atoms with Gasteiger partial charge < -0.3 is 9.59 Å². The second-order valence-corrected chi connectivity index (χ2v) is 6.85. The van der Waals surface area contributed by atoms with Crippen molar-refractivity contribution >= 4 is 16.1 Å². The van der Waals surface area contributed by atoms with Crippen molar-refractivity contribution in [2.75, 3.05) is 20.6 Å². The Kier molecular flexibility index (Phi) is 6.68. The van der Waals surface area contributed by atoms with Gasteiger partial charge in [-0.3, -0.25) is 4.55 Å². The number of carbonyl (C=O) groups is 1. The van der Waals surface area contributed by atoms with Gasteiger partial charge in [0.2, 0.25) is 5.37 Å². The third-order valence-corrected chi connectivity index (χ3v) is 4.70. The van der Waals surface area contributed by atoms with E-state index in [1.807, 2.05) is 6.92 Å². The van der Waals surface area contributed by atoms with Crippen LogP contribution in [0.1, 0.15) is 32.6 Å². The van der Waals surface area contributed by atoms with E-state index in [2.05, 4.69) is 6.58 Å². The number of quaternary nitrogens is 1. The van der Waals surface area contributed by atoms with Gasteiger partial charge in [-0.1, -0.05) is 19.9 Å². The van der Waals surface area contributed by atoms with Crippen molar-refractivity contribution in [3.63, 3.8) is 0 Å². The zero-order valence-corrected chi connectivity index (χ0v) is 12.6. The van der Waals surface area contributed by atoms with Gasteiger partial charge >= 0.3 is 16.1 Å². The Balaban J connectivity index is 4.93. The van der Waals surface area contributed by atoms with Crippen molar-refractivity contribution in [2.45, 2.75) is 38.0 Å². The molecule has 19 heavy (non-hydrogen) atoms. The summed E-state index contributed by atoms with van der Waals surface area (Å²) in [5.41, 5.74) is -0.0517. The summed E-state index contributed by atoms with van der Waals surface area (Å²) in [5.74, 6) is -1.15. The molecule has 0 bridgehead atoms. The fraction of sp³-hybridized carbons (Fsp3) is 0.750. The minimum Gasteiger partial charge on any atom is -0.478 e. The third kappa shape index (κ3) is 6.17. The van der Waals surface area contributed by atoms with Crippen LogP contribution in [0.5, 0.6) is 0 Å². The summed E-state index contributed by atoms with van der Waals surface area (Å²) in [7, 11) is -0.796. The summed E-state index contributed by atoms with van der Waals surface area (Å²) in [6, 6.07) is 0. The van der Waals surface area contributed by atoms with E-state index in [4.69, 9.17) is 5.11 Å². The monoisotopic (exact) mass is 294 g/mol. The molecule has 0 amide bonds. The molecule has 0 fully saturated rings. The lowest BCUT2D eigenvalue weighted by molar-refractivity contribution is -0.902. The summed E-state index contributed by atoms with van der Waals surface area (Å²) in [5, 5.41) is 7.69. The van der Waals surface area contributed by atoms with E-state index >= 15 is 0 Å². The van der Waals surface area contributed by atoms with Gasteiger partial charge in [-0.15, -0.1) is 0 Å². The molecule has 1 unspecified atom stereocenters. The van der Waals surface area contributed by atoms with Gasteiger partial charge in [-0.25, -0.2) is 4.79 Å². The molecule has 0 aliphatic rings. The summed E-state index contributed by atoms with van der Waals surface area (Å²) in [6.45, 7) is 5.96. The SMILES string of the molecule is C=C(CCC([N+](C)(C)CCCC)S(=O)(=O)O)C(=O)O. The van der Waals surface area contributed by atoms with Crippen molar-refractivity contribution in [3.05, 3.63) is 12.2 Å². The Morgan fingerprint density at radius 1 is 1.37 bits per heavy atom. The maximum Gasteiger partial charge on any atom is 0.330 e. The second-order valence-electron chi connectivity index (χ2n) is 5.27. The van der Waals surface area contributed by atoms with Gasteiger partial charge in [0.05, 0.1) is 20.6 Å². The van der Waals surface area contributed by atoms with Crippen LogP contribution in [0.25, 0.3) is 0 Å². The number of carboxylic acid groups (broad SMARTS) is 1. The molecule has 0 aromatic carbocycles. The molecule has 0 aliphatic carbocycles. The number of rotatable bonds is 9. The minimum absolute atomic E-state index is 0.0353. The quantitative estimate of drug-likeness (QED) is 0.382. The summed E-state index contributed by atoms with van der Waals surface area (Å²) in [6.07, 6.45) is 1.83. The highest BCUT2D eigenvalue weighted by Crippen LogP contribution is 2.21. The Morgan fingerprint density at radius 2 is 1.89 bits per heavy atom. The molecule has 0 aromatic rings. The zero-order valence-electron chi connectivity index (χ0n) is 11.8. The van der Waals surface area contributed by atoms with Crippen LogP contribution < -0.4 is 0 Å². The lowest BCUT2D eigenvalue weighted by Crippen LogP contribution is -2.53. The number of hydrogen-bond donors (Lipinski definition) is 2. The molecule has 112 valence electrons. The number of aliphatic carboxylic acids is 1. The van der Waals surface area contributed by atoms with Crippen molar-refractivity contribution in [1.82, 2.24) is 0 Å². The molecule has 0 rings (SSSR count). The van der Waals surface area contributed by atoms with Crippen LogP contribution in [0.2, 0.25) is 0 Å². The van der Waals surface area contributed by atoms with Crippen molar-refractivity contribution in [3.8, 4) is 0 Å². The first-order valence-corrected chi connectivity index (χ1v) is 7.72. The van der Waals surface area contributed by atoms with E-state index in [9.17, 15) is 17.8 Å². The fourth-order valence-electron chi connectivity index (χ4n) is 1.97. The van der Waals surface area contributed by atoms with E-state index in [1.54, 1.807) is 14.1 Å². The molecule has 7 heteroatoms. The van der Waals surface area contributed by atoms with E-state index in [1.165, 1.54) is 0 Å². The van der Waals surface area contributed by atoms with E-state index < -0.39 is 21.5 Å². The predicted octanol–water partition coefficient (Wildman–Crippen LogP) is 1.50.